The van der Waals surface area contributed by atoms with Crippen LogP contribution in [0.4, 0.5) is 0 Å². The van der Waals surface area contributed by atoms with Crippen LogP contribution in [0.15, 0.2) is 35.2 Å². The van der Waals surface area contributed by atoms with Crippen molar-refractivity contribution in [2.24, 2.45) is 5.92 Å². The summed E-state index contributed by atoms with van der Waals surface area (Å²) in [6.07, 6.45) is 1.71. The third kappa shape index (κ3) is 2.81. The summed E-state index contributed by atoms with van der Waals surface area (Å²) >= 11 is 5.79. The lowest BCUT2D eigenvalue weighted by Gasteiger charge is -2.30. The number of alkyl halides is 1. The van der Waals surface area contributed by atoms with E-state index in [1.807, 2.05) is 6.07 Å². The van der Waals surface area contributed by atoms with E-state index in [9.17, 15) is 8.42 Å². The van der Waals surface area contributed by atoms with Crippen molar-refractivity contribution in [3.05, 3.63) is 30.3 Å². The van der Waals surface area contributed by atoms with Gasteiger partial charge in [0, 0.05) is 19.0 Å². The van der Waals surface area contributed by atoms with Crippen LogP contribution < -0.4 is 0 Å². The van der Waals surface area contributed by atoms with Crippen LogP contribution in [0.2, 0.25) is 0 Å². The number of benzene rings is 1. The number of sulfonamides is 1. The highest BCUT2D eigenvalue weighted by atomic mass is 35.5. The average molecular weight is 274 g/mol. The Morgan fingerprint density at radius 3 is 2.29 bits per heavy atom. The fourth-order valence-electron chi connectivity index (χ4n) is 2.05. The maximum absolute atomic E-state index is 12.3. The van der Waals surface area contributed by atoms with Crippen LogP contribution in [0.1, 0.15) is 12.8 Å². The molecule has 1 aromatic carbocycles. The molecule has 1 saturated heterocycles. The van der Waals surface area contributed by atoms with Gasteiger partial charge < -0.3 is 0 Å². The van der Waals surface area contributed by atoms with Crippen LogP contribution in [0.25, 0.3) is 0 Å². The minimum absolute atomic E-state index is 0.379. The zero-order valence-electron chi connectivity index (χ0n) is 9.55. The molecule has 17 heavy (non-hydrogen) atoms. The highest BCUT2D eigenvalue weighted by Crippen LogP contribution is 2.24. The number of rotatable bonds is 3. The van der Waals surface area contributed by atoms with E-state index in [2.05, 4.69) is 0 Å². The molecule has 0 bridgehead atoms. The van der Waals surface area contributed by atoms with Gasteiger partial charge in [0.2, 0.25) is 10.0 Å². The quantitative estimate of drug-likeness (QED) is 0.793. The third-order valence-electron chi connectivity index (χ3n) is 3.17. The summed E-state index contributed by atoms with van der Waals surface area (Å²) in [6, 6.07) is 8.60. The van der Waals surface area contributed by atoms with Gasteiger partial charge in [-0.2, -0.15) is 4.31 Å². The Balaban J connectivity index is 2.13. The van der Waals surface area contributed by atoms with Gasteiger partial charge in [-0.05, 0) is 30.9 Å². The fraction of sp³-hybridized carbons (Fsp3) is 0.500. The zero-order valence-corrected chi connectivity index (χ0v) is 11.1. The van der Waals surface area contributed by atoms with Crippen LogP contribution >= 0.6 is 11.6 Å². The van der Waals surface area contributed by atoms with Gasteiger partial charge in [-0.25, -0.2) is 8.42 Å². The van der Waals surface area contributed by atoms with Crippen molar-refractivity contribution in [2.45, 2.75) is 17.7 Å². The molecule has 0 radical (unpaired) electrons. The third-order valence-corrected chi connectivity index (χ3v) is 5.52. The summed E-state index contributed by atoms with van der Waals surface area (Å²) in [5.74, 6) is 1.08. The van der Waals surface area contributed by atoms with Crippen LogP contribution in [0.5, 0.6) is 0 Å². The van der Waals surface area contributed by atoms with Gasteiger partial charge in [-0.3, -0.25) is 0 Å². The first kappa shape index (κ1) is 12.9. The van der Waals surface area contributed by atoms with Gasteiger partial charge in [0.25, 0.3) is 0 Å². The van der Waals surface area contributed by atoms with Gasteiger partial charge in [0.1, 0.15) is 0 Å². The summed E-state index contributed by atoms with van der Waals surface area (Å²) in [5.41, 5.74) is 0. The molecule has 3 nitrogen and oxygen atoms in total. The Labute approximate surface area is 107 Å². The zero-order chi connectivity index (χ0) is 12.3. The molecule has 1 fully saturated rings. The Kier molecular flexibility index (Phi) is 4.07. The first-order valence-electron chi connectivity index (χ1n) is 5.76. The van der Waals surface area contributed by atoms with Gasteiger partial charge in [0.15, 0.2) is 0 Å². The Bertz CT molecular complexity index is 453. The van der Waals surface area contributed by atoms with Crippen molar-refractivity contribution in [1.82, 2.24) is 4.31 Å². The van der Waals surface area contributed by atoms with E-state index in [0.29, 0.717) is 29.8 Å². The summed E-state index contributed by atoms with van der Waals surface area (Å²) in [5, 5.41) is 0. The van der Waals surface area contributed by atoms with E-state index < -0.39 is 10.0 Å². The smallest absolute Gasteiger partial charge is 0.207 e. The van der Waals surface area contributed by atoms with Crippen molar-refractivity contribution < 1.29 is 8.42 Å². The maximum atomic E-state index is 12.3. The summed E-state index contributed by atoms with van der Waals surface area (Å²) in [6.45, 7) is 1.16. The predicted octanol–water partition coefficient (Wildman–Crippen LogP) is 2.33. The normalized spacial score (nSPS) is 19.4. The molecule has 0 unspecified atom stereocenters. The van der Waals surface area contributed by atoms with Gasteiger partial charge in [0.05, 0.1) is 4.90 Å². The second-order valence-corrected chi connectivity index (χ2v) is 6.56. The number of nitrogens with zero attached hydrogens (tertiary/aromatic N) is 1. The van der Waals surface area contributed by atoms with Crippen LogP contribution in [-0.2, 0) is 10.0 Å². The molecule has 0 spiro atoms. The van der Waals surface area contributed by atoms with E-state index in [0.717, 1.165) is 12.8 Å². The second-order valence-electron chi connectivity index (χ2n) is 4.31. The molecule has 1 aliphatic heterocycles. The SMILES string of the molecule is O=S(=O)(c1ccccc1)N1CCC(CCl)CC1. The van der Waals surface area contributed by atoms with Crippen LogP contribution in [-0.4, -0.2) is 31.7 Å². The predicted molar refractivity (Wildman–Crippen MR) is 68.6 cm³/mol. The molecule has 5 heteroatoms. The Hall–Kier alpha value is -0.580. The first-order chi connectivity index (χ1) is 8.14. The largest absolute Gasteiger partial charge is 0.243 e. The number of hydrogen-bond acceptors (Lipinski definition) is 2. The lowest BCUT2D eigenvalue weighted by atomic mass is 10.0. The highest BCUT2D eigenvalue weighted by Gasteiger charge is 2.28. The van der Waals surface area contributed by atoms with E-state index in [-0.39, 0.29) is 0 Å². The molecule has 0 amide bonds. The van der Waals surface area contributed by atoms with Gasteiger partial charge in [-0.1, -0.05) is 18.2 Å². The molecule has 1 heterocycles. The van der Waals surface area contributed by atoms with Crippen molar-refractivity contribution in [2.75, 3.05) is 19.0 Å². The molecule has 94 valence electrons. The van der Waals surface area contributed by atoms with Gasteiger partial charge >= 0.3 is 0 Å². The highest BCUT2D eigenvalue weighted by molar-refractivity contribution is 7.89. The van der Waals surface area contributed by atoms with Gasteiger partial charge in [-0.15, -0.1) is 11.6 Å². The summed E-state index contributed by atoms with van der Waals surface area (Å²) in [4.78, 5) is 0.379. The molecule has 0 saturated carbocycles. The molecule has 1 aliphatic rings. The number of piperidine rings is 1. The van der Waals surface area contributed by atoms with E-state index in [1.54, 1.807) is 28.6 Å². The number of halogens is 1. The minimum Gasteiger partial charge on any atom is -0.207 e. The minimum atomic E-state index is -3.30. The Morgan fingerprint density at radius 1 is 1.18 bits per heavy atom. The van der Waals surface area contributed by atoms with Crippen LogP contribution in [0, 0.1) is 5.92 Å². The Morgan fingerprint density at radius 2 is 1.76 bits per heavy atom. The topological polar surface area (TPSA) is 37.4 Å². The molecule has 0 aliphatic carbocycles. The van der Waals surface area contributed by atoms with E-state index in [1.165, 1.54) is 0 Å². The molecule has 0 N–H and O–H groups in total. The first-order valence-corrected chi connectivity index (χ1v) is 7.73. The van der Waals surface area contributed by atoms with Crippen molar-refractivity contribution >= 4 is 21.6 Å². The summed E-state index contributed by atoms with van der Waals surface area (Å²) < 4.78 is 26.1. The van der Waals surface area contributed by atoms with E-state index >= 15 is 0 Å². The lowest BCUT2D eigenvalue weighted by molar-refractivity contribution is 0.290. The summed E-state index contributed by atoms with van der Waals surface area (Å²) in [7, 11) is -3.30. The van der Waals surface area contributed by atoms with Crippen molar-refractivity contribution in [1.29, 1.82) is 0 Å². The van der Waals surface area contributed by atoms with Crippen molar-refractivity contribution in [3.8, 4) is 0 Å². The molecule has 1 aromatic rings. The monoisotopic (exact) mass is 273 g/mol. The fourth-order valence-corrected chi connectivity index (χ4v) is 3.84. The standard InChI is InChI=1S/C12H16ClNO2S/c13-10-11-6-8-14(9-7-11)17(15,16)12-4-2-1-3-5-12/h1-5,11H,6-10H2. The molecular weight excluding hydrogens is 258 g/mol. The lowest BCUT2D eigenvalue weighted by Crippen LogP contribution is -2.38. The molecule has 0 aromatic heterocycles. The number of hydrogen-bond donors (Lipinski definition) is 0. The molecule has 0 atom stereocenters. The molecule has 2 rings (SSSR count). The van der Waals surface area contributed by atoms with Crippen LogP contribution in [0.3, 0.4) is 0 Å². The maximum Gasteiger partial charge on any atom is 0.243 e. The van der Waals surface area contributed by atoms with Crippen molar-refractivity contribution in [3.63, 3.8) is 0 Å². The molecular formula is C12H16ClNO2S. The average Bonchev–Trinajstić information content (AvgIpc) is 2.40. The second kappa shape index (κ2) is 5.38. The van der Waals surface area contributed by atoms with E-state index in [4.69, 9.17) is 11.6 Å².